The van der Waals surface area contributed by atoms with Gasteiger partial charge in [-0.15, -0.1) is 10.2 Å². The summed E-state index contributed by atoms with van der Waals surface area (Å²) in [7, 11) is 1.62. The molecule has 4 aromatic rings. The molecule has 0 aliphatic rings. The predicted octanol–water partition coefficient (Wildman–Crippen LogP) is 3.73. The molecule has 2 aromatic heterocycles. The molecule has 0 radical (unpaired) electrons. The summed E-state index contributed by atoms with van der Waals surface area (Å²) in [6.07, 6.45) is 1.19. The molecule has 0 spiro atoms. The molecule has 2 aromatic carbocycles. The van der Waals surface area contributed by atoms with Gasteiger partial charge in [-0.05, 0) is 49.2 Å². The van der Waals surface area contributed by atoms with E-state index >= 15 is 0 Å². The minimum Gasteiger partial charge on any atom is -0.385 e. The van der Waals surface area contributed by atoms with Crippen LogP contribution >= 0.6 is 11.8 Å². The summed E-state index contributed by atoms with van der Waals surface area (Å²) in [5.74, 6) is -0.164. The standard InChI is InChI=1S/C23H24FN5O3S/c1-3-19(20(30)25-16-11-9-15(24)10-12-16)33-23-27-26-22-28(13-6-14-32-2)21(31)17-7-4-5-8-18(17)29(22)23/h4-5,7-12,19H,3,6,13-14H2,1-2H3,(H,25,30). The lowest BCUT2D eigenvalue weighted by Gasteiger charge is -2.15. The number of carbonyl (C=O) groups is 1. The molecule has 1 atom stereocenters. The fourth-order valence-corrected chi connectivity index (χ4v) is 4.54. The Bertz CT molecular complexity index is 1340. The van der Waals surface area contributed by atoms with Crippen molar-refractivity contribution >= 4 is 40.0 Å². The van der Waals surface area contributed by atoms with Crippen molar-refractivity contribution in [3.8, 4) is 0 Å². The van der Waals surface area contributed by atoms with Gasteiger partial charge in [0.05, 0.1) is 16.2 Å². The summed E-state index contributed by atoms with van der Waals surface area (Å²) in [5, 5.41) is 12.0. The fourth-order valence-electron chi connectivity index (χ4n) is 3.58. The number of hydrogen-bond acceptors (Lipinski definition) is 6. The van der Waals surface area contributed by atoms with Crippen molar-refractivity contribution in [1.29, 1.82) is 0 Å². The average molecular weight is 470 g/mol. The Morgan fingerprint density at radius 2 is 1.94 bits per heavy atom. The van der Waals surface area contributed by atoms with Gasteiger partial charge in [-0.2, -0.15) is 0 Å². The Balaban J connectivity index is 1.70. The van der Waals surface area contributed by atoms with E-state index in [1.165, 1.54) is 36.0 Å². The van der Waals surface area contributed by atoms with Gasteiger partial charge in [0.15, 0.2) is 5.16 Å². The maximum Gasteiger partial charge on any atom is 0.262 e. The van der Waals surface area contributed by atoms with Crippen LogP contribution in [0.5, 0.6) is 0 Å². The minimum absolute atomic E-state index is 0.140. The number of methoxy groups -OCH3 is 1. The fraction of sp³-hybridized carbons (Fsp3) is 0.304. The van der Waals surface area contributed by atoms with Crippen molar-refractivity contribution in [3.05, 3.63) is 64.7 Å². The van der Waals surface area contributed by atoms with E-state index in [1.807, 2.05) is 29.5 Å². The van der Waals surface area contributed by atoms with Crippen molar-refractivity contribution < 1.29 is 13.9 Å². The quantitative estimate of drug-likeness (QED) is 0.297. The first-order chi connectivity index (χ1) is 16.0. The summed E-state index contributed by atoms with van der Waals surface area (Å²) < 4.78 is 21.7. The van der Waals surface area contributed by atoms with Gasteiger partial charge in [0.1, 0.15) is 5.82 Å². The number of anilines is 1. The van der Waals surface area contributed by atoms with E-state index in [-0.39, 0.29) is 17.3 Å². The second-order valence-electron chi connectivity index (χ2n) is 7.45. The summed E-state index contributed by atoms with van der Waals surface area (Å²) in [5.41, 5.74) is 1.06. The van der Waals surface area contributed by atoms with Crippen LogP contribution in [-0.2, 0) is 16.1 Å². The molecule has 1 amide bonds. The van der Waals surface area contributed by atoms with Crippen LogP contribution in [0.2, 0.25) is 0 Å². The monoisotopic (exact) mass is 469 g/mol. The predicted molar refractivity (Wildman–Crippen MR) is 126 cm³/mol. The normalized spacial score (nSPS) is 12.3. The third-order valence-corrected chi connectivity index (χ3v) is 6.54. The van der Waals surface area contributed by atoms with E-state index in [0.717, 1.165) is 0 Å². The van der Waals surface area contributed by atoms with Crippen molar-refractivity contribution in [3.63, 3.8) is 0 Å². The largest absolute Gasteiger partial charge is 0.385 e. The van der Waals surface area contributed by atoms with E-state index in [2.05, 4.69) is 15.5 Å². The third-order valence-electron chi connectivity index (χ3n) is 5.23. The number of para-hydroxylation sites is 1. The van der Waals surface area contributed by atoms with Gasteiger partial charge in [0.25, 0.3) is 5.56 Å². The van der Waals surface area contributed by atoms with Gasteiger partial charge < -0.3 is 10.1 Å². The number of amides is 1. The van der Waals surface area contributed by atoms with E-state index < -0.39 is 5.25 Å². The molecule has 0 fully saturated rings. The second kappa shape index (κ2) is 10.1. The zero-order valence-corrected chi connectivity index (χ0v) is 19.1. The third kappa shape index (κ3) is 4.76. The lowest BCUT2D eigenvalue weighted by atomic mass is 10.2. The number of thioether (sulfide) groups is 1. The molecule has 2 heterocycles. The van der Waals surface area contributed by atoms with Gasteiger partial charge >= 0.3 is 0 Å². The number of hydrogen-bond donors (Lipinski definition) is 1. The SMILES string of the molecule is CCC(Sc1nnc2n(CCCOC)c(=O)c3ccccc3n12)C(=O)Nc1ccc(F)cc1. The second-order valence-corrected chi connectivity index (χ2v) is 8.62. The van der Waals surface area contributed by atoms with Crippen LogP contribution in [0.4, 0.5) is 10.1 Å². The summed E-state index contributed by atoms with van der Waals surface area (Å²) in [4.78, 5) is 26.0. The number of nitrogens with one attached hydrogen (secondary N) is 1. The van der Waals surface area contributed by atoms with Crippen molar-refractivity contribution in [2.45, 2.75) is 36.7 Å². The van der Waals surface area contributed by atoms with Gasteiger partial charge in [-0.1, -0.05) is 30.8 Å². The van der Waals surface area contributed by atoms with Crippen LogP contribution in [0.1, 0.15) is 19.8 Å². The summed E-state index contributed by atoms with van der Waals surface area (Å²) in [6.45, 7) is 2.86. The van der Waals surface area contributed by atoms with E-state index in [9.17, 15) is 14.0 Å². The maximum atomic E-state index is 13.2. The van der Waals surface area contributed by atoms with Crippen molar-refractivity contribution in [2.24, 2.45) is 0 Å². The van der Waals surface area contributed by atoms with Crippen LogP contribution in [0.25, 0.3) is 16.7 Å². The highest BCUT2D eigenvalue weighted by atomic mass is 32.2. The number of carbonyl (C=O) groups excluding carboxylic acids is 1. The molecule has 4 rings (SSSR count). The molecular weight excluding hydrogens is 445 g/mol. The number of ether oxygens (including phenoxy) is 1. The molecule has 0 saturated carbocycles. The zero-order chi connectivity index (χ0) is 23.4. The van der Waals surface area contributed by atoms with Crippen LogP contribution in [-0.4, -0.2) is 44.0 Å². The number of rotatable bonds is 9. The molecule has 1 N–H and O–H groups in total. The molecule has 10 heteroatoms. The highest BCUT2D eigenvalue weighted by Crippen LogP contribution is 2.27. The molecule has 8 nitrogen and oxygen atoms in total. The smallest absolute Gasteiger partial charge is 0.262 e. The summed E-state index contributed by atoms with van der Waals surface area (Å²) >= 11 is 1.28. The topological polar surface area (TPSA) is 90.5 Å². The molecular formula is C23H24FN5O3S. The molecule has 0 bridgehead atoms. The number of aromatic nitrogens is 4. The molecule has 0 aliphatic carbocycles. The Labute approximate surface area is 193 Å². The highest BCUT2D eigenvalue weighted by Gasteiger charge is 2.23. The lowest BCUT2D eigenvalue weighted by Crippen LogP contribution is -2.25. The first-order valence-corrected chi connectivity index (χ1v) is 11.5. The van der Waals surface area contributed by atoms with Crippen LogP contribution in [0.15, 0.2) is 58.5 Å². The molecule has 33 heavy (non-hydrogen) atoms. The maximum absolute atomic E-state index is 13.2. The van der Waals surface area contributed by atoms with E-state index in [0.29, 0.717) is 53.5 Å². The molecule has 1 unspecified atom stereocenters. The van der Waals surface area contributed by atoms with Crippen LogP contribution in [0, 0.1) is 5.82 Å². The van der Waals surface area contributed by atoms with E-state index in [1.54, 1.807) is 17.7 Å². The number of aryl methyl sites for hydroxylation is 1. The number of benzene rings is 2. The average Bonchev–Trinajstić information content (AvgIpc) is 3.24. The van der Waals surface area contributed by atoms with E-state index in [4.69, 9.17) is 4.74 Å². The van der Waals surface area contributed by atoms with Crippen LogP contribution < -0.4 is 10.9 Å². The van der Waals surface area contributed by atoms with Crippen molar-refractivity contribution in [2.75, 3.05) is 19.0 Å². The number of halogens is 1. The number of fused-ring (bicyclic) bond motifs is 3. The molecule has 172 valence electrons. The van der Waals surface area contributed by atoms with Crippen LogP contribution in [0.3, 0.4) is 0 Å². The highest BCUT2D eigenvalue weighted by molar-refractivity contribution is 8.00. The Kier molecular flexibility index (Phi) is 7.05. The first kappa shape index (κ1) is 22.9. The first-order valence-electron chi connectivity index (χ1n) is 10.6. The zero-order valence-electron chi connectivity index (χ0n) is 18.3. The minimum atomic E-state index is -0.463. The Hall–Kier alpha value is -3.24. The Morgan fingerprint density at radius 3 is 2.67 bits per heavy atom. The lowest BCUT2D eigenvalue weighted by molar-refractivity contribution is -0.115. The Morgan fingerprint density at radius 1 is 1.18 bits per heavy atom. The van der Waals surface area contributed by atoms with Gasteiger partial charge in [0, 0.05) is 25.9 Å². The van der Waals surface area contributed by atoms with Gasteiger partial charge in [-0.3, -0.25) is 18.6 Å². The van der Waals surface area contributed by atoms with Crippen molar-refractivity contribution in [1.82, 2.24) is 19.2 Å². The molecule has 0 saturated heterocycles. The van der Waals surface area contributed by atoms with Gasteiger partial charge in [-0.25, -0.2) is 4.39 Å². The van der Waals surface area contributed by atoms with Gasteiger partial charge in [0.2, 0.25) is 11.7 Å². The molecule has 0 aliphatic heterocycles. The summed E-state index contributed by atoms with van der Waals surface area (Å²) in [6, 6.07) is 12.9. The number of nitrogens with zero attached hydrogens (tertiary/aromatic N) is 4.